The van der Waals surface area contributed by atoms with E-state index in [0.29, 0.717) is 11.5 Å². The summed E-state index contributed by atoms with van der Waals surface area (Å²) in [6.45, 7) is 0.745. The van der Waals surface area contributed by atoms with Crippen LogP contribution in [-0.4, -0.2) is 23.6 Å². The van der Waals surface area contributed by atoms with Crippen LogP contribution in [0.5, 0.6) is 5.75 Å². The first-order chi connectivity index (χ1) is 9.28. The highest BCUT2D eigenvalue weighted by molar-refractivity contribution is 5.62. The normalized spacial score (nSPS) is 12.4. The molecule has 1 aromatic carbocycles. The Labute approximate surface area is 111 Å². The van der Waals surface area contributed by atoms with Gasteiger partial charge < -0.3 is 9.64 Å². The minimum Gasteiger partial charge on any atom is -0.493 e. The van der Waals surface area contributed by atoms with Gasteiger partial charge in [-0.15, -0.1) is 0 Å². The van der Waals surface area contributed by atoms with E-state index in [0.717, 1.165) is 24.5 Å². The molecule has 0 N–H and O–H groups in total. The molecule has 1 aliphatic heterocycles. The lowest BCUT2D eigenvalue weighted by Crippen LogP contribution is -2.11. The largest absolute Gasteiger partial charge is 0.493 e. The van der Waals surface area contributed by atoms with E-state index in [1.165, 1.54) is 11.9 Å². The van der Waals surface area contributed by atoms with Crippen molar-refractivity contribution < 1.29 is 4.74 Å². The summed E-state index contributed by atoms with van der Waals surface area (Å²) in [6.07, 6.45) is 2.34. The lowest BCUT2D eigenvalue weighted by Gasteiger charge is -2.18. The van der Waals surface area contributed by atoms with Crippen molar-refractivity contribution in [2.45, 2.75) is 6.42 Å². The van der Waals surface area contributed by atoms with Crippen molar-refractivity contribution in [2.75, 3.05) is 18.6 Å². The molecule has 0 fully saturated rings. The molecule has 0 radical (unpaired) electrons. The first-order valence-corrected chi connectivity index (χ1v) is 5.99. The van der Waals surface area contributed by atoms with Gasteiger partial charge in [-0.2, -0.15) is 5.26 Å². The van der Waals surface area contributed by atoms with Gasteiger partial charge >= 0.3 is 0 Å². The average Bonchev–Trinajstić information content (AvgIpc) is 2.94. The summed E-state index contributed by atoms with van der Waals surface area (Å²) in [5, 5.41) is 8.87. The smallest absolute Gasteiger partial charge is 0.145 e. The number of rotatable bonds is 2. The molecule has 0 atom stereocenters. The van der Waals surface area contributed by atoms with Crippen LogP contribution in [0.3, 0.4) is 0 Å². The van der Waals surface area contributed by atoms with Crippen LogP contribution in [0.2, 0.25) is 0 Å². The van der Waals surface area contributed by atoms with Gasteiger partial charge in [0.25, 0.3) is 0 Å². The van der Waals surface area contributed by atoms with Gasteiger partial charge in [0.2, 0.25) is 0 Å². The Hall–Kier alpha value is -2.61. The van der Waals surface area contributed by atoms with E-state index in [-0.39, 0.29) is 0 Å². The predicted octanol–water partition coefficient (Wildman–Crippen LogP) is 2.05. The number of anilines is 2. The third-order valence-corrected chi connectivity index (χ3v) is 3.17. The van der Waals surface area contributed by atoms with Crippen LogP contribution < -0.4 is 9.64 Å². The zero-order valence-electron chi connectivity index (χ0n) is 10.5. The van der Waals surface area contributed by atoms with Crippen molar-refractivity contribution >= 4 is 11.5 Å². The van der Waals surface area contributed by atoms with Gasteiger partial charge in [-0.25, -0.2) is 9.97 Å². The summed E-state index contributed by atoms with van der Waals surface area (Å²) in [7, 11) is 1.92. The molecular weight excluding hydrogens is 240 g/mol. The first-order valence-electron chi connectivity index (χ1n) is 5.99. The number of nitriles is 1. The topological polar surface area (TPSA) is 62.0 Å². The van der Waals surface area contributed by atoms with Crippen LogP contribution in [0.15, 0.2) is 30.6 Å². The number of benzene rings is 1. The summed E-state index contributed by atoms with van der Waals surface area (Å²) >= 11 is 0. The van der Waals surface area contributed by atoms with E-state index in [9.17, 15) is 0 Å². The summed E-state index contributed by atoms with van der Waals surface area (Å²) < 4.78 is 5.49. The Bertz CT molecular complexity index is 663. The summed E-state index contributed by atoms with van der Waals surface area (Å²) in [5.74, 6) is 1.66. The molecule has 0 spiro atoms. The van der Waals surface area contributed by atoms with Crippen molar-refractivity contribution in [3.05, 3.63) is 41.9 Å². The van der Waals surface area contributed by atoms with Gasteiger partial charge in [-0.05, 0) is 23.8 Å². The zero-order chi connectivity index (χ0) is 13.2. The van der Waals surface area contributed by atoms with Crippen LogP contribution in [-0.2, 0) is 6.42 Å². The maximum absolute atomic E-state index is 8.87. The van der Waals surface area contributed by atoms with Gasteiger partial charge in [0.1, 0.15) is 29.7 Å². The third kappa shape index (κ3) is 2.08. The maximum atomic E-state index is 8.87. The van der Waals surface area contributed by atoms with Crippen molar-refractivity contribution in [3.8, 4) is 11.8 Å². The molecule has 0 unspecified atom stereocenters. The molecule has 2 heterocycles. The Kier molecular flexibility index (Phi) is 2.76. The molecule has 0 saturated heterocycles. The minimum absolute atomic E-state index is 0.362. The number of nitrogens with zero attached hydrogens (tertiary/aromatic N) is 4. The number of ether oxygens (including phenoxy) is 1. The molecule has 0 amide bonds. The second kappa shape index (κ2) is 4.58. The quantitative estimate of drug-likeness (QED) is 0.818. The van der Waals surface area contributed by atoms with Gasteiger partial charge in [-0.1, -0.05) is 0 Å². The van der Waals surface area contributed by atoms with Crippen LogP contribution in [0.25, 0.3) is 0 Å². The second-order valence-electron chi connectivity index (χ2n) is 4.32. The van der Waals surface area contributed by atoms with Gasteiger partial charge in [0.05, 0.1) is 6.61 Å². The maximum Gasteiger partial charge on any atom is 0.145 e. The average molecular weight is 252 g/mol. The van der Waals surface area contributed by atoms with Gasteiger partial charge in [0, 0.05) is 25.2 Å². The van der Waals surface area contributed by atoms with Crippen molar-refractivity contribution in [2.24, 2.45) is 0 Å². The molecule has 19 heavy (non-hydrogen) atoms. The van der Waals surface area contributed by atoms with Gasteiger partial charge in [-0.3, -0.25) is 0 Å². The standard InChI is InChI=1S/C14H12N4O/c1-18(14-7-11(8-15)16-9-17-14)12-2-3-13-10(6-12)4-5-19-13/h2-3,6-7,9H,4-5H2,1H3. The number of hydrogen-bond acceptors (Lipinski definition) is 5. The molecule has 94 valence electrons. The van der Waals surface area contributed by atoms with Crippen molar-refractivity contribution in [1.82, 2.24) is 9.97 Å². The van der Waals surface area contributed by atoms with E-state index >= 15 is 0 Å². The highest BCUT2D eigenvalue weighted by atomic mass is 16.5. The monoisotopic (exact) mass is 252 g/mol. The molecule has 0 bridgehead atoms. The minimum atomic E-state index is 0.362. The summed E-state index contributed by atoms with van der Waals surface area (Å²) in [6, 6.07) is 9.74. The Morgan fingerprint density at radius 2 is 2.21 bits per heavy atom. The Balaban J connectivity index is 1.95. The molecule has 3 rings (SSSR count). The fraction of sp³-hybridized carbons (Fsp3) is 0.214. The summed E-state index contributed by atoms with van der Waals surface area (Å²) in [5.41, 5.74) is 2.59. The molecule has 0 saturated carbocycles. The number of hydrogen-bond donors (Lipinski definition) is 0. The second-order valence-corrected chi connectivity index (χ2v) is 4.32. The number of fused-ring (bicyclic) bond motifs is 1. The van der Waals surface area contributed by atoms with Crippen LogP contribution in [0.1, 0.15) is 11.3 Å². The molecule has 5 heteroatoms. The van der Waals surface area contributed by atoms with Crippen LogP contribution in [0, 0.1) is 11.3 Å². The fourth-order valence-corrected chi connectivity index (χ4v) is 2.11. The fourth-order valence-electron chi connectivity index (χ4n) is 2.11. The van der Waals surface area contributed by atoms with E-state index in [1.807, 2.05) is 30.1 Å². The van der Waals surface area contributed by atoms with Gasteiger partial charge in [0.15, 0.2) is 0 Å². The Morgan fingerprint density at radius 1 is 1.32 bits per heavy atom. The van der Waals surface area contributed by atoms with E-state index in [1.54, 1.807) is 6.07 Å². The molecule has 1 aromatic heterocycles. The van der Waals surface area contributed by atoms with Crippen LogP contribution >= 0.6 is 0 Å². The molecule has 0 aliphatic carbocycles. The SMILES string of the molecule is CN(c1ccc2c(c1)CCO2)c1cc(C#N)ncn1. The lowest BCUT2D eigenvalue weighted by atomic mass is 10.1. The number of aromatic nitrogens is 2. The van der Waals surface area contributed by atoms with Crippen molar-refractivity contribution in [3.63, 3.8) is 0 Å². The highest BCUT2D eigenvalue weighted by Gasteiger charge is 2.14. The molecule has 2 aromatic rings. The molecular formula is C14H12N4O. The van der Waals surface area contributed by atoms with E-state index in [4.69, 9.17) is 10.00 Å². The summed E-state index contributed by atoms with van der Waals surface area (Å²) in [4.78, 5) is 9.99. The highest BCUT2D eigenvalue weighted by Crippen LogP contribution is 2.31. The third-order valence-electron chi connectivity index (χ3n) is 3.17. The Morgan fingerprint density at radius 3 is 3.05 bits per heavy atom. The van der Waals surface area contributed by atoms with Crippen molar-refractivity contribution in [1.29, 1.82) is 5.26 Å². The molecule has 1 aliphatic rings. The lowest BCUT2D eigenvalue weighted by molar-refractivity contribution is 0.357. The van der Waals surface area contributed by atoms with Crippen LogP contribution in [0.4, 0.5) is 11.5 Å². The first kappa shape index (κ1) is 11.5. The molecule has 5 nitrogen and oxygen atoms in total. The zero-order valence-corrected chi connectivity index (χ0v) is 10.5. The van der Waals surface area contributed by atoms with E-state index < -0.39 is 0 Å². The predicted molar refractivity (Wildman–Crippen MR) is 70.5 cm³/mol. The van der Waals surface area contributed by atoms with E-state index in [2.05, 4.69) is 16.0 Å².